The molecule has 0 bridgehead atoms. The van der Waals surface area contributed by atoms with Gasteiger partial charge in [-0.3, -0.25) is 15.1 Å². The fraction of sp³-hybridized carbons (Fsp3) is 0.0714. The van der Waals surface area contributed by atoms with Crippen molar-refractivity contribution in [2.45, 2.75) is 6.61 Å². The topological polar surface area (TPSA) is 64.7 Å². The van der Waals surface area contributed by atoms with Crippen LogP contribution in [0.25, 0.3) is 0 Å². The lowest BCUT2D eigenvalue weighted by atomic mass is 10.2. The number of alkyl halides is 2. The quantitative estimate of drug-likeness (QED) is 0.475. The number of hydrogen-bond donors (Lipinski definition) is 0. The number of nitrogens with zero attached hydrogens (tertiary/aromatic N) is 2. The molecule has 114 valence electrons. The molecule has 0 aliphatic rings. The van der Waals surface area contributed by atoms with E-state index in [1.165, 1.54) is 24.3 Å². The molecule has 8 heteroatoms. The van der Waals surface area contributed by atoms with Crippen LogP contribution < -0.4 is 4.74 Å². The SMILES string of the molecule is O=[N+]([O-])c1ccc(OC(F)F)c(C=Nc2ccc(F)cc2)c1. The van der Waals surface area contributed by atoms with Crippen molar-refractivity contribution in [2.75, 3.05) is 0 Å². The molecule has 0 atom stereocenters. The minimum Gasteiger partial charge on any atom is -0.434 e. The largest absolute Gasteiger partial charge is 0.434 e. The average Bonchev–Trinajstić information content (AvgIpc) is 2.47. The van der Waals surface area contributed by atoms with Gasteiger partial charge in [-0.05, 0) is 30.3 Å². The minimum absolute atomic E-state index is 0.0128. The number of ether oxygens (including phenoxy) is 1. The van der Waals surface area contributed by atoms with Gasteiger partial charge in [-0.1, -0.05) is 0 Å². The van der Waals surface area contributed by atoms with Crippen LogP contribution in [0.1, 0.15) is 5.56 Å². The third-order valence-electron chi connectivity index (χ3n) is 2.60. The number of aliphatic imine (C=N–C) groups is 1. The number of nitro benzene ring substituents is 1. The zero-order chi connectivity index (χ0) is 16.1. The molecule has 2 aromatic rings. The van der Waals surface area contributed by atoms with Gasteiger partial charge in [0.25, 0.3) is 5.69 Å². The van der Waals surface area contributed by atoms with Crippen LogP contribution in [-0.4, -0.2) is 17.7 Å². The van der Waals surface area contributed by atoms with Crippen molar-refractivity contribution in [1.29, 1.82) is 0 Å². The van der Waals surface area contributed by atoms with Crippen LogP contribution in [0.4, 0.5) is 24.5 Å². The van der Waals surface area contributed by atoms with Crippen molar-refractivity contribution in [2.24, 2.45) is 4.99 Å². The van der Waals surface area contributed by atoms with E-state index in [0.29, 0.717) is 5.69 Å². The van der Waals surface area contributed by atoms with Crippen LogP contribution in [0.3, 0.4) is 0 Å². The van der Waals surface area contributed by atoms with Gasteiger partial charge in [-0.25, -0.2) is 4.39 Å². The van der Waals surface area contributed by atoms with Gasteiger partial charge in [-0.2, -0.15) is 8.78 Å². The summed E-state index contributed by atoms with van der Waals surface area (Å²) in [5.74, 6) is -0.692. The van der Waals surface area contributed by atoms with Gasteiger partial charge in [0, 0.05) is 23.9 Å². The predicted octanol–water partition coefficient (Wildman–Crippen LogP) is 4.09. The molecule has 2 rings (SSSR count). The molecule has 0 heterocycles. The molecule has 0 spiro atoms. The Morgan fingerprint density at radius 3 is 2.45 bits per heavy atom. The van der Waals surface area contributed by atoms with E-state index >= 15 is 0 Å². The van der Waals surface area contributed by atoms with E-state index in [2.05, 4.69) is 9.73 Å². The summed E-state index contributed by atoms with van der Waals surface area (Å²) in [4.78, 5) is 14.0. The van der Waals surface area contributed by atoms with Crippen molar-refractivity contribution < 1.29 is 22.8 Å². The van der Waals surface area contributed by atoms with Crippen LogP contribution in [0.15, 0.2) is 47.5 Å². The molecule has 2 aromatic carbocycles. The van der Waals surface area contributed by atoms with Crippen LogP contribution in [0.2, 0.25) is 0 Å². The van der Waals surface area contributed by atoms with Crippen LogP contribution in [0, 0.1) is 15.9 Å². The predicted molar refractivity (Wildman–Crippen MR) is 73.4 cm³/mol. The van der Waals surface area contributed by atoms with Gasteiger partial charge in [0.1, 0.15) is 11.6 Å². The summed E-state index contributed by atoms with van der Waals surface area (Å²) in [6.07, 6.45) is 1.14. The van der Waals surface area contributed by atoms with E-state index in [0.717, 1.165) is 24.4 Å². The second-order valence-electron chi connectivity index (χ2n) is 4.09. The summed E-state index contributed by atoms with van der Waals surface area (Å²) >= 11 is 0. The summed E-state index contributed by atoms with van der Waals surface area (Å²) in [5, 5.41) is 10.7. The summed E-state index contributed by atoms with van der Waals surface area (Å²) in [7, 11) is 0. The highest BCUT2D eigenvalue weighted by atomic mass is 19.3. The van der Waals surface area contributed by atoms with E-state index in [1.807, 2.05) is 0 Å². The van der Waals surface area contributed by atoms with Crippen molar-refractivity contribution in [1.82, 2.24) is 0 Å². The van der Waals surface area contributed by atoms with Gasteiger partial charge in [0.05, 0.1) is 10.6 Å². The molecular formula is C14H9F3N2O3. The Bertz CT molecular complexity index is 703. The highest BCUT2D eigenvalue weighted by molar-refractivity contribution is 5.86. The zero-order valence-electron chi connectivity index (χ0n) is 10.9. The molecule has 0 fully saturated rings. The standard InChI is InChI=1S/C14H9F3N2O3/c15-10-1-3-11(4-2-10)18-8-9-7-12(19(20)21)5-6-13(9)22-14(16)17/h1-8,14H. The molecule has 22 heavy (non-hydrogen) atoms. The first-order valence-electron chi connectivity index (χ1n) is 5.98. The van der Waals surface area contributed by atoms with E-state index in [4.69, 9.17) is 0 Å². The van der Waals surface area contributed by atoms with Crippen molar-refractivity contribution in [3.8, 4) is 5.75 Å². The van der Waals surface area contributed by atoms with Crippen molar-refractivity contribution in [3.63, 3.8) is 0 Å². The summed E-state index contributed by atoms with van der Waals surface area (Å²) in [6.45, 7) is -3.07. The van der Waals surface area contributed by atoms with Gasteiger partial charge < -0.3 is 4.74 Å². The molecule has 0 saturated heterocycles. The average molecular weight is 310 g/mol. The molecule has 0 unspecified atom stereocenters. The number of rotatable bonds is 5. The lowest BCUT2D eigenvalue weighted by Crippen LogP contribution is -2.04. The Kier molecular flexibility index (Phi) is 4.72. The van der Waals surface area contributed by atoms with E-state index in [-0.39, 0.29) is 17.0 Å². The maximum absolute atomic E-state index is 12.8. The number of non-ortho nitro benzene ring substituents is 1. The van der Waals surface area contributed by atoms with E-state index in [1.54, 1.807) is 0 Å². The fourth-order valence-corrected chi connectivity index (χ4v) is 1.62. The zero-order valence-corrected chi connectivity index (χ0v) is 10.9. The first kappa shape index (κ1) is 15.5. The molecule has 0 saturated carbocycles. The van der Waals surface area contributed by atoms with Crippen LogP contribution >= 0.6 is 0 Å². The summed E-state index contributed by atoms with van der Waals surface area (Å²) < 4.78 is 41.7. The first-order chi connectivity index (χ1) is 10.5. The molecule has 0 amide bonds. The Balaban J connectivity index is 2.35. The fourth-order valence-electron chi connectivity index (χ4n) is 1.62. The van der Waals surface area contributed by atoms with Gasteiger partial charge in [0.15, 0.2) is 0 Å². The lowest BCUT2D eigenvalue weighted by molar-refractivity contribution is -0.384. The van der Waals surface area contributed by atoms with E-state index in [9.17, 15) is 23.3 Å². The first-order valence-corrected chi connectivity index (χ1v) is 5.98. The van der Waals surface area contributed by atoms with E-state index < -0.39 is 17.4 Å². The molecule has 0 aliphatic heterocycles. The lowest BCUT2D eigenvalue weighted by Gasteiger charge is -2.07. The monoisotopic (exact) mass is 310 g/mol. The normalized spacial score (nSPS) is 11.1. The molecule has 5 nitrogen and oxygen atoms in total. The Morgan fingerprint density at radius 2 is 1.86 bits per heavy atom. The smallest absolute Gasteiger partial charge is 0.387 e. The second kappa shape index (κ2) is 6.70. The third-order valence-corrected chi connectivity index (χ3v) is 2.60. The number of hydrogen-bond acceptors (Lipinski definition) is 4. The Hall–Kier alpha value is -2.90. The van der Waals surface area contributed by atoms with Crippen LogP contribution in [-0.2, 0) is 0 Å². The Labute approximate surface area is 122 Å². The highest BCUT2D eigenvalue weighted by Crippen LogP contribution is 2.25. The third kappa shape index (κ3) is 4.05. The van der Waals surface area contributed by atoms with Crippen molar-refractivity contribution in [3.05, 3.63) is 64.0 Å². The number of benzene rings is 2. The highest BCUT2D eigenvalue weighted by Gasteiger charge is 2.13. The molecular weight excluding hydrogens is 301 g/mol. The Morgan fingerprint density at radius 1 is 1.18 bits per heavy atom. The molecule has 0 aliphatic carbocycles. The maximum atomic E-state index is 12.8. The summed E-state index contributed by atoms with van der Waals surface area (Å²) in [6, 6.07) is 8.27. The second-order valence-corrected chi connectivity index (χ2v) is 4.09. The number of halogens is 3. The van der Waals surface area contributed by atoms with Gasteiger partial charge in [0.2, 0.25) is 0 Å². The minimum atomic E-state index is -3.07. The number of nitro groups is 1. The van der Waals surface area contributed by atoms with Gasteiger partial charge in [-0.15, -0.1) is 0 Å². The maximum Gasteiger partial charge on any atom is 0.387 e. The molecule has 0 aromatic heterocycles. The van der Waals surface area contributed by atoms with Gasteiger partial charge >= 0.3 is 6.61 Å². The summed E-state index contributed by atoms with van der Waals surface area (Å²) in [5.41, 5.74) is 0.0805. The molecule has 0 radical (unpaired) electrons. The van der Waals surface area contributed by atoms with Crippen LogP contribution in [0.5, 0.6) is 5.75 Å². The molecule has 0 N–H and O–H groups in total. The van der Waals surface area contributed by atoms with Crippen molar-refractivity contribution >= 4 is 17.6 Å².